The van der Waals surface area contributed by atoms with E-state index in [0.717, 1.165) is 18.6 Å². The molecule has 1 amide bonds. The van der Waals surface area contributed by atoms with E-state index < -0.39 is 12.1 Å². The molecule has 0 aliphatic carbocycles. The second-order valence-corrected chi connectivity index (χ2v) is 10.1. The average molecular weight is 558 g/mol. The maximum Gasteiger partial charge on any atom is 0.325 e. The van der Waals surface area contributed by atoms with Gasteiger partial charge in [0.2, 0.25) is 11.1 Å². The quantitative estimate of drug-likeness (QED) is 0.131. The highest BCUT2D eigenvalue weighted by molar-refractivity contribution is 7.99. The third-order valence-corrected chi connectivity index (χ3v) is 7.35. The number of esters is 1. The molecule has 4 rings (SSSR count). The minimum Gasteiger partial charge on any atom is -0.493 e. The summed E-state index contributed by atoms with van der Waals surface area (Å²) in [5.41, 5.74) is 1.72. The minimum absolute atomic E-state index is 0.0919. The number of nitrogens with zero attached hydrogens (tertiary/aromatic N) is 3. The Morgan fingerprint density at radius 1 is 1.18 bits per heavy atom. The van der Waals surface area contributed by atoms with E-state index >= 15 is 0 Å². The number of rotatable bonds is 9. The van der Waals surface area contributed by atoms with Gasteiger partial charge in [-0.25, -0.2) is 4.90 Å². The zero-order valence-corrected chi connectivity index (χ0v) is 23.3. The molecule has 0 bridgehead atoms. The van der Waals surface area contributed by atoms with E-state index in [0.29, 0.717) is 27.7 Å². The van der Waals surface area contributed by atoms with E-state index in [1.807, 2.05) is 12.1 Å². The molecule has 38 heavy (non-hydrogen) atoms. The van der Waals surface area contributed by atoms with Gasteiger partial charge in [0.25, 0.3) is 6.17 Å². The Labute approximate surface area is 230 Å². The Balaban J connectivity index is 1.98. The predicted octanol–water partition coefficient (Wildman–Crippen LogP) is 4.90. The molecular weight excluding hydrogens is 528 g/mol. The van der Waals surface area contributed by atoms with Crippen LogP contribution >= 0.6 is 23.4 Å². The molecule has 9 nitrogen and oxygen atoms in total. The monoisotopic (exact) mass is 557 g/mol. The number of nitrogens with one attached hydrogen (secondary N) is 1. The van der Waals surface area contributed by atoms with Gasteiger partial charge in [0.05, 0.1) is 28.9 Å². The van der Waals surface area contributed by atoms with E-state index in [4.69, 9.17) is 26.2 Å². The van der Waals surface area contributed by atoms with Crippen molar-refractivity contribution in [2.45, 2.75) is 57.8 Å². The molecule has 1 atom stereocenters. The highest BCUT2D eigenvalue weighted by Crippen LogP contribution is 2.42. The zero-order valence-electron chi connectivity index (χ0n) is 21.7. The third-order valence-electron chi connectivity index (χ3n) is 6.12. The van der Waals surface area contributed by atoms with Crippen LogP contribution in [0.1, 0.15) is 58.2 Å². The van der Waals surface area contributed by atoms with Crippen molar-refractivity contribution < 1.29 is 23.7 Å². The molecule has 1 aliphatic rings. The standard InChI is InChI=1S/C27H29ClN4O5S/c1-5-8-13-38-27-29-25(35)23-17-11-9-10-12-19(17)31(21(33)6-2)26(32(23)30-27)16-14-18(28)24(20(15-16)36-4)37-22(34)7-3/h9-12,14-15,26H,5-8,13H2,1-4H3/p+1. The smallest absolute Gasteiger partial charge is 0.325 e. The summed E-state index contributed by atoms with van der Waals surface area (Å²) in [5.74, 6) is 0.471. The number of thioether (sulfide) groups is 1. The molecule has 3 aromatic rings. The summed E-state index contributed by atoms with van der Waals surface area (Å²) in [6, 6.07) is 10.5. The van der Waals surface area contributed by atoms with E-state index in [1.54, 1.807) is 47.7 Å². The number of H-pyrrole nitrogens is 1. The number of halogens is 1. The Bertz CT molecular complexity index is 1430. The summed E-state index contributed by atoms with van der Waals surface area (Å²) in [6.07, 6.45) is 1.51. The molecule has 2 heterocycles. The first-order chi connectivity index (χ1) is 18.3. The lowest BCUT2D eigenvalue weighted by atomic mass is 10.0. The number of carbonyl (C=O) groups excluding carboxylic acids is 2. The topological polar surface area (TPSA) is 105 Å². The maximum atomic E-state index is 13.5. The Hall–Kier alpha value is -3.37. The van der Waals surface area contributed by atoms with Crippen LogP contribution in [0, 0.1) is 0 Å². The lowest BCUT2D eigenvalue weighted by Gasteiger charge is -2.32. The van der Waals surface area contributed by atoms with Gasteiger partial charge in [0.15, 0.2) is 11.5 Å². The number of para-hydroxylation sites is 1. The van der Waals surface area contributed by atoms with Crippen LogP contribution in [0.2, 0.25) is 5.02 Å². The predicted molar refractivity (Wildman–Crippen MR) is 146 cm³/mol. The number of aromatic nitrogens is 3. The van der Waals surface area contributed by atoms with Crippen LogP contribution in [-0.2, 0) is 9.59 Å². The minimum atomic E-state index is -0.845. The van der Waals surface area contributed by atoms with Crippen molar-refractivity contribution in [3.63, 3.8) is 0 Å². The number of fused-ring (bicyclic) bond motifs is 3. The van der Waals surface area contributed by atoms with Crippen molar-refractivity contribution in [3.8, 4) is 22.8 Å². The number of amides is 1. The number of benzene rings is 2. The number of hydrogen-bond donors (Lipinski definition) is 1. The van der Waals surface area contributed by atoms with Gasteiger partial charge < -0.3 is 9.47 Å². The van der Waals surface area contributed by atoms with Crippen LogP contribution in [0.15, 0.2) is 46.3 Å². The Kier molecular flexibility index (Phi) is 8.73. The van der Waals surface area contributed by atoms with Crippen molar-refractivity contribution in [1.29, 1.82) is 0 Å². The van der Waals surface area contributed by atoms with Crippen LogP contribution in [0.5, 0.6) is 11.5 Å². The van der Waals surface area contributed by atoms with Gasteiger partial charge in [0.1, 0.15) is 0 Å². The van der Waals surface area contributed by atoms with E-state index in [2.05, 4.69) is 11.9 Å². The highest BCUT2D eigenvalue weighted by atomic mass is 35.5. The molecule has 1 aromatic heterocycles. The summed E-state index contributed by atoms with van der Waals surface area (Å²) in [6.45, 7) is 5.55. The molecule has 0 saturated carbocycles. The van der Waals surface area contributed by atoms with Crippen LogP contribution in [0.25, 0.3) is 11.3 Å². The van der Waals surface area contributed by atoms with Crippen molar-refractivity contribution in [2.75, 3.05) is 17.8 Å². The Morgan fingerprint density at radius 3 is 2.63 bits per heavy atom. The molecule has 11 heteroatoms. The fourth-order valence-electron chi connectivity index (χ4n) is 4.26. The van der Waals surface area contributed by atoms with Gasteiger partial charge in [-0.1, -0.05) is 62.7 Å². The molecule has 0 radical (unpaired) electrons. The Morgan fingerprint density at radius 2 is 1.95 bits per heavy atom. The van der Waals surface area contributed by atoms with Gasteiger partial charge in [-0.3, -0.25) is 19.4 Å². The fourth-order valence-corrected chi connectivity index (χ4v) is 5.46. The second kappa shape index (κ2) is 12.0. The largest absolute Gasteiger partial charge is 0.493 e. The molecule has 0 spiro atoms. The molecule has 2 aromatic carbocycles. The first-order valence-electron chi connectivity index (χ1n) is 12.5. The number of anilines is 1. The van der Waals surface area contributed by atoms with Crippen molar-refractivity contribution in [2.24, 2.45) is 0 Å². The first-order valence-corrected chi connectivity index (χ1v) is 13.9. The lowest BCUT2D eigenvalue weighted by molar-refractivity contribution is -0.763. The van der Waals surface area contributed by atoms with Gasteiger partial charge in [-0.15, -0.1) is 0 Å². The van der Waals surface area contributed by atoms with E-state index in [-0.39, 0.29) is 40.8 Å². The SMILES string of the molecule is CCCCSc1n[n+]2c(c(=O)[nH]1)-c1ccccc1N(C(=O)CC)C2c1cc(Cl)c(OC(=O)CC)c(OC)c1. The summed E-state index contributed by atoms with van der Waals surface area (Å²) in [7, 11) is 1.44. The van der Waals surface area contributed by atoms with E-state index in [1.165, 1.54) is 18.9 Å². The summed E-state index contributed by atoms with van der Waals surface area (Å²) in [5, 5.41) is 5.38. The molecule has 1 N–H and O–H groups in total. The molecule has 0 fully saturated rings. The number of methoxy groups -OCH3 is 1. The molecular formula is C27H30ClN4O5S+. The normalized spacial score (nSPS) is 14.0. The third kappa shape index (κ3) is 5.28. The van der Waals surface area contributed by atoms with Crippen molar-refractivity contribution in [1.82, 2.24) is 10.1 Å². The van der Waals surface area contributed by atoms with Gasteiger partial charge in [0, 0.05) is 23.7 Å². The summed E-state index contributed by atoms with van der Waals surface area (Å²) >= 11 is 8.06. The van der Waals surface area contributed by atoms with Gasteiger partial charge >= 0.3 is 17.2 Å². The molecule has 1 unspecified atom stereocenters. The fraction of sp³-hybridized carbons (Fsp3) is 0.370. The van der Waals surface area contributed by atoms with Crippen molar-refractivity contribution >= 4 is 40.9 Å². The summed E-state index contributed by atoms with van der Waals surface area (Å²) < 4.78 is 12.5. The molecule has 0 saturated heterocycles. The van der Waals surface area contributed by atoms with Gasteiger partial charge in [-0.05, 0) is 35.4 Å². The van der Waals surface area contributed by atoms with Gasteiger partial charge in [-0.2, -0.15) is 0 Å². The number of aromatic amines is 1. The number of carbonyl (C=O) groups is 2. The molecule has 200 valence electrons. The summed E-state index contributed by atoms with van der Waals surface area (Å²) in [4.78, 5) is 43.4. The van der Waals surface area contributed by atoms with Crippen LogP contribution in [-0.4, -0.2) is 34.8 Å². The number of hydrogen-bond acceptors (Lipinski definition) is 7. The first kappa shape index (κ1) is 27.7. The zero-order chi connectivity index (χ0) is 27.4. The number of unbranched alkanes of at least 4 members (excludes halogenated alkanes) is 1. The molecule has 1 aliphatic heterocycles. The van der Waals surface area contributed by atoms with Crippen molar-refractivity contribution in [3.05, 3.63) is 57.3 Å². The maximum absolute atomic E-state index is 13.5. The average Bonchev–Trinajstić information content (AvgIpc) is 2.92. The second-order valence-electron chi connectivity index (χ2n) is 8.62. The van der Waals surface area contributed by atoms with Crippen LogP contribution < -0.4 is 24.6 Å². The van der Waals surface area contributed by atoms with Crippen LogP contribution in [0.4, 0.5) is 5.69 Å². The van der Waals surface area contributed by atoms with E-state index in [9.17, 15) is 14.4 Å². The highest BCUT2D eigenvalue weighted by Gasteiger charge is 2.46. The van der Waals surface area contributed by atoms with Crippen LogP contribution in [0.3, 0.4) is 0 Å². The lowest BCUT2D eigenvalue weighted by Crippen LogP contribution is -2.60. The number of ether oxygens (including phenoxy) is 2.